The Balaban J connectivity index is 2.04. The quantitative estimate of drug-likeness (QED) is 0.720. The van der Waals surface area contributed by atoms with Crippen molar-refractivity contribution in [1.29, 1.82) is 0 Å². The summed E-state index contributed by atoms with van der Waals surface area (Å²) in [6.07, 6.45) is 5.54. The molecule has 0 saturated carbocycles. The van der Waals surface area contributed by atoms with Crippen LogP contribution < -0.4 is 5.32 Å². The Kier molecular flexibility index (Phi) is 2.56. The van der Waals surface area contributed by atoms with Crippen molar-refractivity contribution in [3.63, 3.8) is 0 Å². The van der Waals surface area contributed by atoms with Crippen LogP contribution in [0.4, 0.5) is 0 Å². The molecular formula is C10H17N3O. The molecule has 0 bridgehead atoms. The predicted octanol–water partition coefficient (Wildman–Crippen LogP) is 0.170. The Bertz CT molecular complexity index is 304. The van der Waals surface area contributed by atoms with E-state index in [9.17, 15) is 5.11 Å². The standard InChI is InChI=1S/C10H17N3O/c1-2-4-13-5-3-12-9(13)6-10(14)7-11-8-10/h3,5,11,14H,2,4,6-8H2,1H3. The molecule has 1 aliphatic rings. The van der Waals surface area contributed by atoms with Gasteiger partial charge in [0.25, 0.3) is 0 Å². The molecule has 1 saturated heterocycles. The van der Waals surface area contributed by atoms with Gasteiger partial charge >= 0.3 is 0 Å². The van der Waals surface area contributed by atoms with E-state index >= 15 is 0 Å². The summed E-state index contributed by atoms with van der Waals surface area (Å²) in [5.74, 6) is 0.996. The van der Waals surface area contributed by atoms with Gasteiger partial charge in [0.05, 0.1) is 5.60 Å². The van der Waals surface area contributed by atoms with Gasteiger partial charge in [0.2, 0.25) is 0 Å². The molecule has 2 heterocycles. The number of nitrogens with one attached hydrogen (secondary N) is 1. The lowest BCUT2D eigenvalue weighted by molar-refractivity contribution is -0.0113. The number of rotatable bonds is 4. The van der Waals surface area contributed by atoms with Crippen LogP contribution >= 0.6 is 0 Å². The van der Waals surface area contributed by atoms with Gasteiger partial charge in [-0.15, -0.1) is 0 Å². The average molecular weight is 195 g/mol. The van der Waals surface area contributed by atoms with E-state index in [1.54, 1.807) is 6.20 Å². The first kappa shape index (κ1) is 9.68. The van der Waals surface area contributed by atoms with Crippen LogP contribution in [0.25, 0.3) is 0 Å². The zero-order valence-electron chi connectivity index (χ0n) is 8.53. The SMILES string of the molecule is CCCn1ccnc1CC1(O)CNC1. The normalized spacial score (nSPS) is 19.3. The predicted molar refractivity (Wildman–Crippen MR) is 54.0 cm³/mol. The summed E-state index contributed by atoms with van der Waals surface area (Å²) < 4.78 is 2.12. The molecule has 0 unspecified atom stereocenters. The molecule has 1 fully saturated rings. The van der Waals surface area contributed by atoms with Crippen molar-refractivity contribution in [2.24, 2.45) is 0 Å². The Morgan fingerprint density at radius 3 is 3.00 bits per heavy atom. The number of hydrogen-bond acceptors (Lipinski definition) is 3. The summed E-state index contributed by atoms with van der Waals surface area (Å²) in [5, 5.41) is 13.0. The van der Waals surface area contributed by atoms with Crippen LogP contribution in [0, 0.1) is 0 Å². The van der Waals surface area contributed by atoms with Crippen molar-refractivity contribution in [2.75, 3.05) is 13.1 Å². The van der Waals surface area contributed by atoms with E-state index in [0.29, 0.717) is 19.5 Å². The minimum atomic E-state index is -0.559. The van der Waals surface area contributed by atoms with Crippen molar-refractivity contribution >= 4 is 0 Å². The van der Waals surface area contributed by atoms with Gasteiger partial charge in [0.1, 0.15) is 5.82 Å². The molecule has 0 aromatic carbocycles. The third kappa shape index (κ3) is 1.81. The van der Waals surface area contributed by atoms with Gasteiger partial charge in [0.15, 0.2) is 0 Å². The smallest absolute Gasteiger partial charge is 0.111 e. The van der Waals surface area contributed by atoms with E-state index in [4.69, 9.17) is 0 Å². The lowest BCUT2D eigenvalue weighted by Gasteiger charge is -2.37. The molecule has 78 valence electrons. The van der Waals surface area contributed by atoms with Crippen LogP contribution in [-0.4, -0.2) is 33.3 Å². The van der Waals surface area contributed by atoms with Gasteiger partial charge in [-0.25, -0.2) is 4.98 Å². The van der Waals surface area contributed by atoms with Crippen molar-refractivity contribution < 1.29 is 5.11 Å². The number of aryl methyl sites for hydroxylation is 1. The van der Waals surface area contributed by atoms with E-state index in [-0.39, 0.29) is 0 Å². The molecule has 4 heteroatoms. The van der Waals surface area contributed by atoms with E-state index in [1.165, 1.54) is 0 Å². The number of imidazole rings is 1. The Morgan fingerprint density at radius 2 is 2.43 bits per heavy atom. The molecule has 0 aliphatic carbocycles. The molecule has 0 radical (unpaired) electrons. The highest BCUT2D eigenvalue weighted by Gasteiger charge is 2.35. The monoisotopic (exact) mass is 195 g/mol. The van der Waals surface area contributed by atoms with Crippen LogP contribution in [0.3, 0.4) is 0 Å². The number of nitrogens with zero attached hydrogens (tertiary/aromatic N) is 2. The van der Waals surface area contributed by atoms with Gasteiger partial charge < -0.3 is 15.0 Å². The van der Waals surface area contributed by atoms with Gasteiger partial charge in [-0.3, -0.25) is 0 Å². The summed E-state index contributed by atoms with van der Waals surface area (Å²) in [4.78, 5) is 4.28. The Hall–Kier alpha value is -0.870. The summed E-state index contributed by atoms with van der Waals surface area (Å²) in [5.41, 5.74) is -0.559. The summed E-state index contributed by atoms with van der Waals surface area (Å²) in [6, 6.07) is 0. The minimum absolute atomic E-state index is 0.559. The minimum Gasteiger partial charge on any atom is -0.387 e. The molecule has 0 amide bonds. The highest BCUT2D eigenvalue weighted by atomic mass is 16.3. The first-order chi connectivity index (χ1) is 6.73. The summed E-state index contributed by atoms with van der Waals surface area (Å²) >= 11 is 0. The van der Waals surface area contributed by atoms with Gasteiger partial charge in [-0.1, -0.05) is 6.92 Å². The Labute approximate surface area is 84.0 Å². The summed E-state index contributed by atoms with van der Waals surface area (Å²) in [6.45, 7) is 4.50. The van der Waals surface area contributed by atoms with E-state index in [2.05, 4.69) is 21.8 Å². The molecular weight excluding hydrogens is 178 g/mol. The van der Waals surface area contributed by atoms with E-state index < -0.39 is 5.60 Å². The number of aliphatic hydroxyl groups is 1. The second-order valence-electron chi connectivity index (χ2n) is 4.04. The highest BCUT2D eigenvalue weighted by molar-refractivity contribution is 5.04. The second-order valence-corrected chi connectivity index (χ2v) is 4.04. The largest absolute Gasteiger partial charge is 0.387 e. The van der Waals surface area contributed by atoms with E-state index in [0.717, 1.165) is 18.8 Å². The van der Waals surface area contributed by atoms with Crippen molar-refractivity contribution in [1.82, 2.24) is 14.9 Å². The maximum Gasteiger partial charge on any atom is 0.111 e. The van der Waals surface area contributed by atoms with Crippen molar-refractivity contribution in [3.8, 4) is 0 Å². The third-order valence-corrected chi connectivity index (χ3v) is 2.66. The maximum atomic E-state index is 9.96. The highest BCUT2D eigenvalue weighted by Crippen LogP contribution is 2.16. The van der Waals surface area contributed by atoms with Crippen LogP contribution in [0.1, 0.15) is 19.2 Å². The molecule has 4 nitrogen and oxygen atoms in total. The molecule has 0 atom stereocenters. The zero-order chi connectivity index (χ0) is 10.0. The average Bonchev–Trinajstić information content (AvgIpc) is 2.51. The summed E-state index contributed by atoms with van der Waals surface area (Å²) in [7, 11) is 0. The van der Waals surface area contributed by atoms with Crippen LogP contribution in [0.15, 0.2) is 12.4 Å². The molecule has 1 aromatic rings. The molecule has 14 heavy (non-hydrogen) atoms. The van der Waals surface area contributed by atoms with Gasteiger partial charge in [-0.2, -0.15) is 0 Å². The maximum absolute atomic E-state index is 9.96. The molecule has 1 aliphatic heterocycles. The molecule has 2 N–H and O–H groups in total. The number of β-amino-alcohol motifs (C(OH)–C–C–N with tert-alkyl or cyclic N) is 1. The Morgan fingerprint density at radius 1 is 1.64 bits per heavy atom. The van der Waals surface area contributed by atoms with Crippen LogP contribution in [0.2, 0.25) is 0 Å². The lowest BCUT2D eigenvalue weighted by Crippen LogP contribution is -2.60. The van der Waals surface area contributed by atoms with Crippen molar-refractivity contribution in [3.05, 3.63) is 18.2 Å². The fourth-order valence-corrected chi connectivity index (χ4v) is 1.78. The topological polar surface area (TPSA) is 50.1 Å². The second kappa shape index (κ2) is 3.71. The fourth-order valence-electron chi connectivity index (χ4n) is 1.78. The van der Waals surface area contributed by atoms with Crippen molar-refractivity contribution in [2.45, 2.75) is 31.9 Å². The number of aromatic nitrogens is 2. The third-order valence-electron chi connectivity index (χ3n) is 2.66. The van der Waals surface area contributed by atoms with Crippen LogP contribution in [-0.2, 0) is 13.0 Å². The van der Waals surface area contributed by atoms with Crippen LogP contribution in [0.5, 0.6) is 0 Å². The molecule has 1 aromatic heterocycles. The van der Waals surface area contributed by atoms with Gasteiger partial charge in [-0.05, 0) is 6.42 Å². The zero-order valence-corrected chi connectivity index (χ0v) is 8.53. The number of hydrogen-bond donors (Lipinski definition) is 2. The molecule has 2 rings (SSSR count). The first-order valence-electron chi connectivity index (χ1n) is 5.17. The first-order valence-corrected chi connectivity index (χ1v) is 5.17. The lowest BCUT2D eigenvalue weighted by atomic mass is 9.93. The van der Waals surface area contributed by atoms with Gasteiger partial charge in [0, 0.05) is 38.4 Å². The van der Waals surface area contributed by atoms with E-state index in [1.807, 2.05) is 6.20 Å². The molecule has 0 spiro atoms. The fraction of sp³-hybridized carbons (Fsp3) is 0.700.